The molecular formula is C41H56O9. The zero-order chi connectivity index (χ0) is 35.6. The highest BCUT2D eigenvalue weighted by atomic mass is 16.8. The number of hydrogen-bond acceptors (Lipinski definition) is 9. The normalized spacial score (nSPS) is 20.6. The summed E-state index contributed by atoms with van der Waals surface area (Å²) in [6, 6.07) is 15.8. The van der Waals surface area contributed by atoms with Gasteiger partial charge in [0.25, 0.3) is 0 Å². The lowest BCUT2D eigenvalue weighted by Crippen LogP contribution is -2.39. The average molecular weight is 693 g/mol. The Balaban J connectivity index is 1.20. The summed E-state index contributed by atoms with van der Waals surface area (Å²) in [5.74, 6) is 0.700. The number of ether oxygens (including phenoxy) is 6. The fourth-order valence-corrected chi connectivity index (χ4v) is 6.35. The number of carbonyl (C=O) groups excluding carboxylic acids is 3. The molecule has 0 aromatic heterocycles. The summed E-state index contributed by atoms with van der Waals surface area (Å²) in [5.41, 5.74) is 2.76. The van der Waals surface area contributed by atoms with Crippen molar-refractivity contribution in [3.05, 3.63) is 66.7 Å². The molecule has 0 N–H and O–H groups in total. The number of hydrogen-bond donors (Lipinski definition) is 0. The molecule has 0 bridgehead atoms. The van der Waals surface area contributed by atoms with Crippen molar-refractivity contribution >= 4 is 17.9 Å². The van der Waals surface area contributed by atoms with Crippen LogP contribution in [-0.2, 0) is 38.1 Å². The van der Waals surface area contributed by atoms with Gasteiger partial charge in [-0.1, -0.05) is 108 Å². The molecular weight excluding hydrogens is 636 g/mol. The van der Waals surface area contributed by atoms with Gasteiger partial charge >= 0.3 is 17.9 Å². The number of benzene rings is 2. The molecule has 0 radical (unpaired) electrons. The SMILES string of the molecule is C=CC(=O)OCCCCCC[C@H]1CC[C@H](COc2ccc(-c3ccc(C4O[C@@H](C(=O)OCCCC)[C@H](C(=O)OCCCC)O4)cc3)cc2)CC1. The maximum Gasteiger partial charge on any atom is 0.338 e. The zero-order valence-corrected chi connectivity index (χ0v) is 30.0. The van der Waals surface area contributed by atoms with Gasteiger partial charge in [0.15, 0.2) is 18.5 Å². The Labute approximate surface area is 298 Å². The minimum absolute atomic E-state index is 0.263. The molecule has 2 atom stereocenters. The quantitative estimate of drug-likeness (QED) is 0.0550. The van der Waals surface area contributed by atoms with Crippen molar-refractivity contribution in [3.63, 3.8) is 0 Å². The molecule has 9 heteroatoms. The van der Waals surface area contributed by atoms with Gasteiger partial charge < -0.3 is 28.4 Å². The van der Waals surface area contributed by atoms with Gasteiger partial charge in [-0.15, -0.1) is 0 Å². The minimum Gasteiger partial charge on any atom is -0.493 e. The van der Waals surface area contributed by atoms with Crippen LogP contribution < -0.4 is 4.74 Å². The van der Waals surface area contributed by atoms with Crippen LogP contribution in [0.1, 0.15) is 109 Å². The number of esters is 3. The monoisotopic (exact) mass is 692 g/mol. The Bertz CT molecular complexity index is 1280. The summed E-state index contributed by atoms with van der Waals surface area (Å²) in [5, 5.41) is 0. The second-order valence-corrected chi connectivity index (χ2v) is 13.4. The Kier molecular flexibility index (Phi) is 16.8. The maximum atomic E-state index is 12.8. The highest BCUT2D eigenvalue weighted by molar-refractivity contribution is 5.86. The van der Waals surface area contributed by atoms with Gasteiger partial charge in [-0.3, -0.25) is 0 Å². The van der Waals surface area contributed by atoms with E-state index in [0.29, 0.717) is 18.1 Å². The first-order valence-corrected chi connectivity index (χ1v) is 18.7. The summed E-state index contributed by atoms with van der Waals surface area (Å²) >= 11 is 0. The molecule has 274 valence electrons. The summed E-state index contributed by atoms with van der Waals surface area (Å²) in [4.78, 5) is 36.7. The van der Waals surface area contributed by atoms with Gasteiger partial charge in [0.2, 0.25) is 0 Å². The number of unbranched alkanes of at least 4 members (excludes halogenated alkanes) is 5. The molecule has 1 aliphatic heterocycles. The largest absolute Gasteiger partial charge is 0.493 e. The van der Waals surface area contributed by atoms with Crippen LogP contribution >= 0.6 is 0 Å². The van der Waals surface area contributed by atoms with Gasteiger partial charge in [0.1, 0.15) is 5.75 Å². The van der Waals surface area contributed by atoms with E-state index in [2.05, 4.69) is 18.7 Å². The van der Waals surface area contributed by atoms with E-state index >= 15 is 0 Å². The number of rotatable bonds is 21. The molecule has 2 aromatic carbocycles. The predicted molar refractivity (Wildman–Crippen MR) is 191 cm³/mol. The van der Waals surface area contributed by atoms with E-state index in [0.717, 1.165) is 67.9 Å². The molecule has 0 unspecified atom stereocenters. The number of carbonyl (C=O) groups is 3. The standard InChI is InChI=1S/C41H56O9/c1-4-7-26-46-39(43)37-38(40(44)47-27-8-5-2)50-41(49-37)34-20-18-32(19-21-34)33-22-24-35(25-23-33)48-29-31-16-14-30(15-17-31)13-11-9-10-12-28-45-36(42)6-3/h6,18-25,30-31,37-38,41H,3-5,7-17,26-29H2,1-2H3/t30-,31-,37-,38-/m1/s1. The van der Waals surface area contributed by atoms with Crippen LogP contribution in [0.25, 0.3) is 11.1 Å². The highest BCUT2D eigenvalue weighted by Crippen LogP contribution is 2.35. The molecule has 1 saturated carbocycles. The third-order valence-corrected chi connectivity index (χ3v) is 9.50. The Morgan fingerprint density at radius 1 is 0.680 bits per heavy atom. The van der Waals surface area contributed by atoms with E-state index in [1.165, 1.54) is 51.0 Å². The van der Waals surface area contributed by atoms with Crippen LogP contribution in [0.3, 0.4) is 0 Å². The third-order valence-electron chi connectivity index (χ3n) is 9.50. The fourth-order valence-electron chi connectivity index (χ4n) is 6.35. The highest BCUT2D eigenvalue weighted by Gasteiger charge is 2.47. The van der Waals surface area contributed by atoms with Crippen molar-refractivity contribution in [1.29, 1.82) is 0 Å². The van der Waals surface area contributed by atoms with Crippen LogP contribution in [0.15, 0.2) is 61.2 Å². The maximum absolute atomic E-state index is 12.8. The molecule has 2 aliphatic rings. The Hall–Kier alpha value is -3.69. The van der Waals surface area contributed by atoms with Gasteiger partial charge in [0.05, 0.1) is 26.4 Å². The lowest BCUT2D eigenvalue weighted by Gasteiger charge is -2.28. The summed E-state index contributed by atoms with van der Waals surface area (Å²) < 4.78 is 33.8. The van der Waals surface area contributed by atoms with Crippen LogP contribution in [0.2, 0.25) is 0 Å². The molecule has 1 heterocycles. The topological polar surface area (TPSA) is 107 Å². The average Bonchev–Trinajstić information content (AvgIpc) is 3.60. The lowest BCUT2D eigenvalue weighted by atomic mass is 9.80. The molecule has 0 amide bonds. The van der Waals surface area contributed by atoms with E-state index in [1.807, 2.05) is 50.2 Å². The van der Waals surface area contributed by atoms with Crippen LogP contribution in [0.5, 0.6) is 5.75 Å². The van der Waals surface area contributed by atoms with E-state index in [1.54, 1.807) is 0 Å². The first-order valence-electron chi connectivity index (χ1n) is 18.7. The molecule has 2 fully saturated rings. The van der Waals surface area contributed by atoms with E-state index < -0.39 is 30.4 Å². The first kappa shape index (κ1) is 39.1. The van der Waals surface area contributed by atoms with E-state index in [-0.39, 0.29) is 19.2 Å². The van der Waals surface area contributed by atoms with Crippen molar-refractivity contribution in [2.45, 2.75) is 116 Å². The predicted octanol–water partition coefficient (Wildman–Crippen LogP) is 8.69. The Morgan fingerprint density at radius 3 is 1.76 bits per heavy atom. The van der Waals surface area contributed by atoms with Crippen molar-refractivity contribution in [1.82, 2.24) is 0 Å². The van der Waals surface area contributed by atoms with Crippen LogP contribution in [0.4, 0.5) is 0 Å². The van der Waals surface area contributed by atoms with E-state index in [4.69, 9.17) is 28.4 Å². The zero-order valence-electron chi connectivity index (χ0n) is 30.0. The van der Waals surface area contributed by atoms with Gasteiger partial charge in [-0.05, 0) is 67.2 Å². The molecule has 9 nitrogen and oxygen atoms in total. The van der Waals surface area contributed by atoms with E-state index in [9.17, 15) is 14.4 Å². The fraction of sp³-hybridized carbons (Fsp3) is 0.585. The first-order chi connectivity index (χ1) is 24.4. The summed E-state index contributed by atoms with van der Waals surface area (Å²) in [6.45, 7) is 9.19. The third kappa shape index (κ3) is 12.6. The molecule has 50 heavy (non-hydrogen) atoms. The lowest BCUT2D eigenvalue weighted by molar-refractivity contribution is -0.163. The van der Waals surface area contributed by atoms with Gasteiger partial charge in [0, 0.05) is 11.6 Å². The minimum atomic E-state index is -1.18. The van der Waals surface area contributed by atoms with Crippen molar-refractivity contribution in [3.8, 4) is 16.9 Å². The Morgan fingerprint density at radius 2 is 1.20 bits per heavy atom. The van der Waals surface area contributed by atoms with Crippen molar-refractivity contribution < 1.29 is 42.8 Å². The molecule has 4 rings (SSSR count). The second kappa shape index (κ2) is 21.5. The van der Waals surface area contributed by atoms with Crippen molar-refractivity contribution in [2.24, 2.45) is 11.8 Å². The van der Waals surface area contributed by atoms with Gasteiger partial charge in [-0.2, -0.15) is 0 Å². The molecule has 1 saturated heterocycles. The van der Waals surface area contributed by atoms with Crippen molar-refractivity contribution in [2.75, 3.05) is 26.4 Å². The molecule has 0 spiro atoms. The smallest absolute Gasteiger partial charge is 0.338 e. The molecule has 1 aliphatic carbocycles. The van der Waals surface area contributed by atoms with Crippen LogP contribution in [0, 0.1) is 11.8 Å². The second-order valence-electron chi connectivity index (χ2n) is 13.4. The molecule has 2 aromatic rings. The summed E-state index contributed by atoms with van der Waals surface area (Å²) in [6.07, 6.45) is 11.9. The van der Waals surface area contributed by atoms with Gasteiger partial charge in [-0.25, -0.2) is 14.4 Å². The van der Waals surface area contributed by atoms with Crippen LogP contribution in [-0.4, -0.2) is 56.5 Å². The summed E-state index contributed by atoms with van der Waals surface area (Å²) in [7, 11) is 0.